The van der Waals surface area contributed by atoms with E-state index in [1.54, 1.807) is 30.5 Å². The van der Waals surface area contributed by atoms with Gasteiger partial charge in [0.25, 0.3) is 5.69 Å². The van der Waals surface area contributed by atoms with Gasteiger partial charge in [-0.15, -0.1) is 0 Å². The lowest BCUT2D eigenvalue weighted by Gasteiger charge is -1.92. The SMILES string of the molecule is O=[N+]([O-])c1ccc(N=Cc2ccc(Br)o2)cc1. The van der Waals surface area contributed by atoms with Crippen LogP contribution in [0.5, 0.6) is 0 Å². The summed E-state index contributed by atoms with van der Waals surface area (Å²) in [7, 11) is 0. The monoisotopic (exact) mass is 294 g/mol. The molecule has 6 heteroatoms. The third kappa shape index (κ3) is 3.01. The predicted molar refractivity (Wildman–Crippen MR) is 66.8 cm³/mol. The van der Waals surface area contributed by atoms with Crippen LogP contribution < -0.4 is 0 Å². The van der Waals surface area contributed by atoms with E-state index in [0.29, 0.717) is 16.1 Å². The molecule has 0 aliphatic heterocycles. The molecule has 0 spiro atoms. The van der Waals surface area contributed by atoms with Gasteiger partial charge in [-0.25, -0.2) is 0 Å². The Balaban J connectivity index is 2.13. The average Bonchev–Trinajstić information content (AvgIpc) is 2.73. The van der Waals surface area contributed by atoms with E-state index in [1.807, 2.05) is 0 Å². The van der Waals surface area contributed by atoms with Crippen LogP contribution in [-0.2, 0) is 0 Å². The highest BCUT2D eigenvalue weighted by atomic mass is 79.9. The number of nitrogens with zero attached hydrogens (tertiary/aromatic N) is 2. The molecule has 0 N–H and O–H groups in total. The minimum Gasteiger partial charge on any atom is -0.448 e. The molecule has 0 bridgehead atoms. The lowest BCUT2D eigenvalue weighted by molar-refractivity contribution is -0.384. The van der Waals surface area contributed by atoms with Crippen LogP contribution in [0.1, 0.15) is 5.76 Å². The van der Waals surface area contributed by atoms with E-state index in [1.165, 1.54) is 12.1 Å². The Kier molecular flexibility index (Phi) is 3.34. The number of benzene rings is 1. The number of hydrogen-bond donors (Lipinski definition) is 0. The maximum absolute atomic E-state index is 10.4. The number of nitro groups is 1. The predicted octanol–water partition coefficient (Wildman–Crippen LogP) is 3.70. The highest BCUT2D eigenvalue weighted by molar-refractivity contribution is 9.10. The first-order valence-electron chi connectivity index (χ1n) is 4.69. The quantitative estimate of drug-likeness (QED) is 0.492. The highest BCUT2D eigenvalue weighted by Gasteiger charge is 2.02. The molecule has 86 valence electrons. The molecule has 2 aromatic rings. The molecule has 0 saturated carbocycles. The Morgan fingerprint density at radius 1 is 1.24 bits per heavy atom. The zero-order chi connectivity index (χ0) is 12.3. The van der Waals surface area contributed by atoms with Crippen molar-refractivity contribution in [1.29, 1.82) is 0 Å². The molecule has 0 aliphatic carbocycles. The maximum atomic E-state index is 10.4. The lowest BCUT2D eigenvalue weighted by atomic mass is 10.3. The van der Waals surface area contributed by atoms with Crippen LogP contribution in [-0.4, -0.2) is 11.1 Å². The third-order valence-electron chi connectivity index (χ3n) is 2.00. The van der Waals surface area contributed by atoms with Crippen molar-refractivity contribution in [3.05, 3.63) is 56.9 Å². The molecule has 1 aromatic heterocycles. The van der Waals surface area contributed by atoms with Gasteiger partial charge in [-0.1, -0.05) is 0 Å². The Bertz CT molecular complexity index is 560. The Morgan fingerprint density at radius 3 is 2.47 bits per heavy atom. The summed E-state index contributed by atoms with van der Waals surface area (Å²) in [5.41, 5.74) is 0.674. The molecule has 2 rings (SSSR count). The van der Waals surface area contributed by atoms with Crippen LogP contribution in [0.25, 0.3) is 0 Å². The van der Waals surface area contributed by atoms with Crippen molar-refractivity contribution in [2.45, 2.75) is 0 Å². The van der Waals surface area contributed by atoms with Crippen molar-refractivity contribution in [3.63, 3.8) is 0 Å². The summed E-state index contributed by atoms with van der Waals surface area (Å²) in [6.07, 6.45) is 1.55. The molecule has 1 heterocycles. The fourth-order valence-corrected chi connectivity index (χ4v) is 1.52. The summed E-state index contributed by atoms with van der Waals surface area (Å²) in [4.78, 5) is 14.1. The number of aliphatic imine (C=N–C) groups is 1. The first kappa shape index (κ1) is 11.5. The molecule has 0 atom stereocenters. The summed E-state index contributed by atoms with van der Waals surface area (Å²) >= 11 is 3.18. The largest absolute Gasteiger partial charge is 0.448 e. The van der Waals surface area contributed by atoms with Gasteiger partial charge >= 0.3 is 0 Å². The van der Waals surface area contributed by atoms with E-state index < -0.39 is 4.92 Å². The molecule has 1 aromatic carbocycles. The van der Waals surface area contributed by atoms with Gasteiger partial charge in [0.05, 0.1) is 16.8 Å². The maximum Gasteiger partial charge on any atom is 0.269 e. The fourth-order valence-electron chi connectivity index (χ4n) is 1.20. The second-order valence-electron chi connectivity index (χ2n) is 3.17. The molecule has 0 fully saturated rings. The second kappa shape index (κ2) is 4.92. The van der Waals surface area contributed by atoms with Crippen molar-refractivity contribution in [2.75, 3.05) is 0 Å². The minimum atomic E-state index is -0.447. The van der Waals surface area contributed by atoms with Crippen molar-refractivity contribution < 1.29 is 9.34 Å². The normalized spacial score (nSPS) is 10.9. The molecular formula is C11H7BrN2O3. The number of halogens is 1. The minimum absolute atomic E-state index is 0.0460. The van der Waals surface area contributed by atoms with Gasteiger partial charge in [0, 0.05) is 12.1 Å². The van der Waals surface area contributed by atoms with E-state index in [-0.39, 0.29) is 5.69 Å². The van der Waals surface area contributed by atoms with Gasteiger partial charge in [0.15, 0.2) is 4.67 Å². The third-order valence-corrected chi connectivity index (χ3v) is 2.42. The molecule has 0 unspecified atom stereocenters. The Labute approximate surface area is 105 Å². The zero-order valence-electron chi connectivity index (χ0n) is 8.54. The molecule has 0 aliphatic rings. The average molecular weight is 295 g/mol. The van der Waals surface area contributed by atoms with Gasteiger partial charge < -0.3 is 4.42 Å². The van der Waals surface area contributed by atoms with Crippen molar-refractivity contribution in [2.24, 2.45) is 4.99 Å². The number of furan rings is 1. The van der Waals surface area contributed by atoms with E-state index in [9.17, 15) is 10.1 Å². The molecule has 5 nitrogen and oxygen atoms in total. The Morgan fingerprint density at radius 2 is 1.94 bits per heavy atom. The van der Waals surface area contributed by atoms with E-state index in [2.05, 4.69) is 20.9 Å². The zero-order valence-corrected chi connectivity index (χ0v) is 10.1. The summed E-state index contributed by atoms with van der Waals surface area (Å²) in [6, 6.07) is 9.49. The molecule has 0 radical (unpaired) electrons. The summed E-state index contributed by atoms with van der Waals surface area (Å²) in [5, 5.41) is 10.4. The van der Waals surface area contributed by atoms with Crippen LogP contribution in [0.4, 0.5) is 11.4 Å². The van der Waals surface area contributed by atoms with Crippen LogP contribution in [0.15, 0.2) is 50.5 Å². The molecule has 0 saturated heterocycles. The first-order chi connectivity index (χ1) is 8.15. The Hall–Kier alpha value is -1.95. The van der Waals surface area contributed by atoms with Crippen LogP contribution in [0.3, 0.4) is 0 Å². The number of rotatable bonds is 3. The van der Waals surface area contributed by atoms with Gasteiger partial charge in [-0.2, -0.15) is 0 Å². The van der Waals surface area contributed by atoms with E-state index in [4.69, 9.17) is 4.42 Å². The van der Waals surface area contributed by atoms with E-state index in [0.717, 1.165) is 0 Å². The topological polar surface area (TPSA) is 68.6 Å². The fraction of sp³-hybridized carbons (Fsp3) is 0. The van der Waals surface area contributed by atoms with Crippen LogP contribution in [0, 0.1) is 10.1 Å². The standard InChI is InChI=1S/C11H7BrN2O3/c12-11-6-5-10(17-11)7-13-8-1-3-9(4-2-8)14(15)16/h1-7H. The number of non-ortho nitro benzene ring substituents is 1. The van der Waals surface area contributed by atoms with Crippen molar-refractivity contribution in [3.8, 4) is 0 Å². The van der Waals surface area contributed by atoms with Crippen molar-refractivity contribution in [1.82, 2.24) is 0 Å². The van der Waals surface area contributed by atoms with Crippen molar-refractivity contribution >= 4 is 33.5 Å². The van der Waals surface area contributed by atoms with Gasteiger partial charge in [0.2, 0.25) is 0 Å². The second-order valence-corrected chi connectivity index (χ2v) is 3.96. The molecule has 0 amide bonds. The summed E-state index contributed by atoms with van der Waals surface area (Å²) in [5.74, 6) is 0.607. The van der Waals surface area contributed by atoms with Gasteiger partial charge in [0.1, 0.15) is 5.76 Å². The van der Waals surface area contributed by atoms with Crippen LogP contribution in [0.2, 0.25) is 0 Å². The highest BCUT2D eigenvalue weighted by Crippen LogP contribution is 2.18. The lowest BCUT2D eigenvalue weighted by Crippen LogP contribution is -1.85. The van der Waals surface area contributed by atoms with E-state index >= 15 is 0 Å². The summed E-state index contributed by atoms with van der Waals surface area (Å²) in [6.45, 7) is 0. The molecule has 17 heavy (non-hydrogen) atoms. The number of hydrogen-bond acceptors (Lipinski definition) is 4. The molecular weight excluding hydrogens is 288 g/mol. The van der Waals surface area contributed by atoms with Gasteiger partial charge in [-0.3, -0.25) is 15.1 Å². The number of nitro benzene ring substituents is 1. The smallest absolute Gasteiger partial charge is 0.269 e. The summed E-state index contributed by atoms with van der Waals surface area (Å²) < 4.78 is 5.85. The first-order valence-corrected chi connectivity index (χ1v) is 5.48. The van der Waals surface area contributed by atoms with Gasteiger partial charge in [-0.05, 0) is 40.2 Å². The van der Waals surface area contributed by atoms with Crippen LogP contribution >= 0.6 is 15.9 Å².